The Morgan fingerprint density at radius 1 is 1.38 bits per heavy atom. The van der Waals surface area contributed by atoms with E-state index in [-0.39, 0.29) is 5.82 Å². The minimum atomic E-state index is -0.186. The molecule has 0 atom stereocenters. The molecule has 2 heterocycles. The lowest BCUT2D eigenvalue weighted by Crippen LogP contribution is -2.32. The highest BCUT2D eigenvalue weighted by Gasteiger charge is 2.20. The minimum absolute atomic E-state index is 0.186. The Morgan fingerprint density at radius 2 is 2.10 bits per heavy atom. The van der Waals surface area contributed by atoms with Crippen LogP contribution >= 0.6 is 34.2 Å². The molecular weight excluding hydrogens is 404 g/mol. The number of hydrogen-bond acceptors (Lipinski definition) is 2. The van der Waals surface area contributed by atoms with E-state index in [2.05, 4.69) is 21.5 Å². The molecule has 1 aliphatic rings. The second kappa shape index (κ2) is 6.38. The summed E-state index contributed by atoms with van der Waals surface area (Å²) in [7, 11) is 2.16. The van der Waals surface area contributed by atoms with Gasteiger partial charge in [-0.2, -0.15) is 0 Å². The Bertz CT molecular complexity index is 650. The van der Waals surface area contributed by atoms with Crippen LogP contribution < -0.4 is 0 Å². The first kappa shape index (κ1) is 15.5. The highest BCUT2D eigenvalue weighted by molar-refractivity contribution is 14.1. The van der Waals surface area contributed by atoms with Gasteiger partial charge in [-0.3, -0.25) is 0 Å². The molecule has 3 nitrogen and oxygen atoms in total. The summed E-state index contributed by atoms with van der Waals surface area (Å²) in [5.74, 6) is 1.63. The van der Waals surface area contributed by atoms with E-state index in [9.17, 15) is 4.39 Å². The summed E-state index contributed by atoms with van der Waals surface area (Å²) >= 11 is 8.04. The van der Waals surface area contributed by atoms with E-state index in [0.717, 1.165) is 36.5 Å². The fraction of sp³-hybridized carbons (Fsp3) is 0.533. The second-order valence-corrected chi connectivity index (χ2v) is 7.20. The molecule has 2 aromatic rings. The Kier molecular flexibility index (Phi) is 4.71. The fourth-order valence-electron chi connectivity index (χ4n) is 2.98. The van der Waals surface area contributed by atoms with Crippen molar-refractivity contribution in [2.75, 3.05) is 20.1 Å². The predicted octanol–water partition coefficient (Wildman–Crippen LogP) is 3.86. The summed E-state index contributed by atoms with van der Waals surface area (Å²) in [5.41, 5.74) is 1.70. The number of alkyl halides is 1. The summed E-state index contributed by atoms with van der Waals surface area (Å²) in [6, 6.07) is 3.39. The molecule has 21 heavy (non-hydrogen) atoms. The molecule has 0 unspecified atom stereocenters. The number of benzene rings is 1. The third kappa shape index (κ3) is 3.19. The zero-order valence-electron chi connectivity index (χ0n) is 12.0. The van der Waals surface area contributed by atoms with Crippen LogP contribution in [0.1, 0.15) is 18.7 Å². The summed E-state index contributed by atoms with van der Waals surface area (Å²) in [5, 5.41) is 0. The van der Waals surface area contributed by atoms with Crippen molar-refractivity contribution in [2.24, 2.45) is 5.92 Å². The molecule has 1 aromatic heterocycles. The van der Waals surface area contributed by atoms with Gasteiger partial charge in [-0.05, 0) is 67.6 Å². The van der Waals surface area contributed by atoms with Gasteiger partial charge in [0, 0.05) is 12.6 Å². The average molecular weight is 422 g/mol. The Balaban J connectivity index is 1.94. The molecule has 0 spiro atoms. The topological polar surface area (TPSA) is 21.1 Å². The van der Waals surface area contributed by atoms with Gasteiger partial charge >= 0.3 is 0 Å². The van der Waals surface area contributed by atoms with E-state index < -0.39 is 0 Å². The van der Waals surface area contributed by atoms with Crippen LogP contribution in [0, 0.1) is 15.3 Å². The maximum Gasteiger partial charge on any atom is 0.138 e. The molecule has 0 amide bonds. The van der Waals surface area contributed by atoms with Gasteiger partial charge in [0.25, 0.3) is 0 Å². The number of likely N-dealkylation sites (tertiary alicyclic amines) is 1. The van der Waals surface area contributed by atoms with Crippen molar-refractivity contribution < 1.29 is 4.39 Å². The number of aromatic nitrogens is 2. The first-order valence-electron chi connectivity index (χ1n) is 7.17. The average Bonchev–Trinajstić information content (AvgIpc) is 2.79. The molecule has 1 saturated heterocycles. The van der Waals surface area contributed by atoms with Crippen molar-refractivity contribution in [2.45, 2.75) is 25.3 Å². The SMILES string of the molecule is CN1CCC(Cn2c(CCl)nc3cc(I)c(F)cc32)CC1. The molecule has 0 N–H and O–H groups in total. The summed E-state index contributed by atoms with van der Waals surface area (Å²) in [6.45, 7) is 3.13. The van der Waals surface area contributed by atoms with E-state index in [1.165, 1.54) is 12.8 Å². The molecule has 3 rings (SSSR count). The number of nitrogens with zero attached hydrogens (tertiary/aromatic N) is 3. The second-order valence-electron chi connectivity index (χ2n) is 5.77. The number of hydrogen-bond donors (Lipinski definition) is 0. The lowest BCUT2D eigenvalue weighted by atomic mass is 9.97. The van der Waals surface area contributed by atoms with Crippen molar-refractivity contribution in [1.29, 1.82) is 0 Å². The van der Waals surface area contributed by atoms with Crippen LogP contribution in [0.5, 0.6) is 0 Å². The quantitative estimate of drug-likeness (QED) is 0.554. The molecule has 0 aliphatic carbocycles. The number of rotatable bonds is 3. The van der Waals surface area contributed by atoms with E-state index in [1.54, 1.807) is 12.1 Å². The van der Waals surface area contributed by atoms with Gasteiger partial charge < -0.3 is 9.47 Å². The number of piperidine rings is 1. The van der Waals surface area contributed by atoms with E-state index >= 15 is 0 Å². The minimum Gasteiger partial charge on any atom is -0.327 e. The monoisotopic (exact) mass is 421 g/mol. The number of fused-ring (bicyclic) bond motifs is 1. The van der Waals surface area contributed by atoms with Crippen LogP contribution in [0.25, 0.3) is 11.0 Å². The molecule has 0 radical (unpaired) electrons. The van der Waals surface area contributed by atoms with Crippen molar-refractivity contribution in [1.82, 2.24) is 14.5 Å². The summed E-state index contributed by atoms with van der Waals surface area (Å²) in [6.07, 6.45) is 2.34. The lowest BCUT2D eigenvalue weighted by Gasteiger charge is -2.29. The van der Waals surface area contributed by atoms with E-state index in [0.29, 0.717) is 15.4 Å². The zero-order valence-corrected chi connectivity index (χ0v) is 14.9. The first-order chi connectivity index (χ1) is 10.1. The zero-order chi connectivity index (χ0) is 15.0. The van der Waals surface area contributed by atoms with Gasteiger partial charge in [-0.15, -0.1) is 11.6 Å². The summed E-state index contributed by atoms with van der Waals surface area (Å²) in [4.78, 5) is 6.92. The highest BCUT2D eigenvalue weighted by Crippen LogP contribution is 2.26. The van der Waals surface area contributed by atoms with Gasteiger partial charge in [-0.1, -0.05) is 0 Å². The normalized spacial score (nSPS) is 17.7. The van der Waals surface area contributed by atoms with Crippen molar-refractivity contribution in [3.8, 4) is 0 Å². The smallest absolute Gasteiger partial charge is 0.138 e. The molecule has 0 saturated carbocycles. The predicted molar refractivity (Wildman–Crippen MR) is 92.2 cm³/mol. The standard InChI is InChI=1S/C15H18ClFIN3/c1-20-4-2-10(3-5-20)9-21-14-6-11(17)12(18)7-13(14)19-15(21)8-16/h6-7,10H,2-5,8-9H2,1H3. The van der Waals surface area contributed by atoms with Crippen molar-refractivity contribution >= 4 is 45.2 Å². The first-order valence-corrected chi connectivity index (χ1v) is 8.78. The molecule has 1 aliphatic heterocycles. The molecular formula is C15H18ClFIN3. The van der Waals surface area contributed by atoms with Gasteiger partial charge in [0.2, 0.25) is 0 Å². The molecule has 6 heteroatoms. The van der Waals surface area contributed by atoms with Crippen LogP contribution in [0.15, 0.2) is 12.1 Å². The highest BCUT2D eigenvalue weighted by atomic mass is 127. The maximum atomic E-state index is 13.9. The molecule has 114 valence electrons. The van der Waals surface area contributed by atoms with E-state index in [1.807, 2.05) is 22.6 Å². The third-order valence-electron chi connectivity index (χ3n) is 4.27. The van der Waals surface area contributed by atoms with Crippen LogP contribution in [-0.2, 0) is 12.4 Å². The summed E-state index contributed by atoms with van der Waals surface area (Å²) < 4.78 is 16.6. The van der Waals surface area contributed by atoms with Crippen LogP contribution in [0.2, 0.25) is 0 Å². The number of halogens is 3. The van der Waals surface area contributed by atoms with Crippen molar-refractivity contribution in [3.05, 3.63) is 27.3 Å². The van der Waals surface area contributed by atoms with Gasteiger partial charge in [0.15, 0.2) is 0 Å². The van der Waals surface area contributed by atoms with Gasteiger partial charge in [-0.25, -0.2) is 9.37 Å². The van der Waals surface area contributed by atoms with E-state index in [4.69, 9.17) is 11.6 Å². The van der Waals surface area contributed by atoms with Gasteiger partial charge in [0.1, 0.15) is 11.6 Å². The fourth-order valence-corrected chi connectivity index (χ4v) is 3.63. The molecule has 1 aromatic carbocycles. The Labute approximate surface area is 142 Å². The maximum absolute atomic E-state index is 13.9. The lowest BCUT2D eigenvalue weighted by molar-refractivity contribution is 0.205. The van der Waals surface area contributed by atoms with Crippen LogP contribution in [0.4, 0.5) is 4.39 Å². The Hall–Kier alpha value is -0.400. The molecule has 1 fully saturated rings. The van der Waals surface area contributed by atoms with Gasteiger partial charge in [0.05, 0.1) is 20.5 Å². The third-order valence-corrected chi connectivity index (χ3v) is 5.33. The number of imidazole rings is 1. The van der Waals surface area contributed by atoms with Crippen LogP contribution in [0.3, 0.4) is 0 Å². The molecule has 0 bridgehead atoms. The Morgan fingerprint density at radius 3 is 2.76 bits per heavy atom. The largest absolute Gasteiger partial charge is 0.327 e. The van der Waals surface area contributed by atoms with Crippen molar-refractivity contribution in [3.63, 3.8) is 0 Å². The van der Waals surface area contributed by atoms with Crippen LogP contribution in [-0.4, -0.2) is 34.6 Å².